The van der Waals surface area contributed by atoms with E-state index in [-0.39, 0.29) is 78.6 Å². The van der Waals surface area contributed by atoms with Crippen LogP contribution in [0, 0.1) is 0 Å². The summed E-state index contributed by atoms with van der Waals surface area (Å²) in [6.45, 7) is 1.65. The highest BCUT2D eigenvalue weighted by molar-refractivity contribution is 9.10. The van der Waals surface area contributed by atoms with E-state index in [0.29, 0.717) is 51.7 Å². The highest BCUT2D eigenvalue weighted by Gasteiger charge is 2.24. The molecule has 0 aliphatic carbocycles. The van der Waals surface area contributed by atoms with Crippen LogP contribution in [0.1, 0.15) is 37.8 Å². The summed E-state index contributed by atoms with van der Waals surface area (Å²) in [5.74, 6) is 1.44. The van der Waals surface area contributed by atoms with Crippen LogP contribution in [0.3, 0.4) is 0 Å². The third kappa shape index (κ3) is 9.62. The first-order valence-corrected chi connectivity index (χ1v) is 14.2. The fraction of sp³-hybridized carbons (Fsp3) is 0.214. The van der Waals surface area contributed by atoms with Crippen LogP contribution in [0.15, 0.2) is 82.2 Å². The number of fused-ring (bicyclic) bond motifs is 2. The number of nitrogens with one attached hydrogen (secondary N) is 1. The SMILES string of the molecule is Cl.ClCc1ncccn1.[2H]c1c(Br)cc2c(c1[2H])OCCN(Cc1ncccn1)C2=O.[2H]c1c(Br)cc2c(c1[2H])OCCNC2=O. The number of halogens is 4. The number of benzene rings is 2. The Labute approximate surface area is 276 Å². The van der Waals surface area contributed by atoms with Crippen molar-refractivity contribution in [1.29, 1.82) is 0 Å². The fourth-order valence-corrected chi connectivity index (χ4v) is 4.25. The first-order chi connectivity index (χ1) is 21.6. The second-order valence-corrected chi connectivity index (χ2v) is 10.1. The number of hydrogen-bond acceptors (Lipinski definition) is 8. The molecule has 0 radical (unpaired) electrons. The zero-order valence-electron chi connectivity index (χ0n) is 25.8. The normalized spacial score (nSPS) is 14.7. The Balaban J connectivity index is 0.000000207. The number of ether oxygens (including phenoxy) is 2. The summed E-state index contributed by atoms with van der Waals surface area (Å²) >= 11 is 11.7. The van der Waals surface area contributed by atoms with E-state index in [1.165, 1.54) is 12.1 Å². The molecule has 14 heteroatoms. The molecule has 2 aliphatic rings. The van der Waals surface area contributed by atoms with Crippen molar-refractivity contribution in [3.8, 4) is 11.5 Å². The molecule has 2 aromatic carbocycles. The summed E-state index contributed by atoms with van der Waals surface area (Å²) in [5, 5.41) is 2.65. The molecule has 2 amide bonds. The molecule has 0 fully saturated rings. The molecule has 6 rings (SSSR count). The van der Waals surface area contributed by atoms with Gasteiger partial charge in [0.05, 0.1) is 42.1 Å². The van der Waals surface area contributed by atoms with Crippen molar-refractivity contribution in [2.75, 3.05) is 26.3 Å². The second-order valence-electron chi connectivity index (χ2n) is 8.11. The zero-order chi connectivity index (χ0) is 32.5. The van der Waals surface area contributed by atoms with E-state index in [2.05, 4.69) is 57.1 Å². The van der Waals surface area contributed by atoms with Crippen LogP contribution in [0.2, 0.25) is 0 Å². The van der Waals surface area contributed by atoms with Gasteiger partial charge in [-0.2, -0.15) is 0 Å². The van der Waals surface area contributed by atoms with Crippen molar-refractivity contribution in [3.05, 3.63) is 105 Å². The molecular formula is C28H26Br2Cl2N6O4. The smallest absolute Gasteiger partial charge is 0.258 e. The molecule has 1 N–H and O–H groups in total. The van der Waals surface area contributed by atoms with E-state index in [4.69, 9.17) is 26.6 Å². The van der Waals surface area contributed by atoms with Gasteiger partial charge >= 0.3 is 0 Å². The van der Waals surface area contributed by atoms with E-state index >= 15 is 0 Å². The van der Waals surface area contributed by atoms with E-state index in [9.17, 15) is 9.59 Å². The zero-order valence-corrected chi connectivity index (χ0v) is 26.5. The molecule has 0 spiro atoms. The quantitative estimate of drug-likeness (QED) is 0.274. The van der Waals surface area contributed by atoms with Crippen molar-refractivity contribution >= 4 is 67.7 Å². The first-order valence-electron chi connectivity index (χ1n) is 14.1. The monoisotopic (exact) mass is 742 g/mol. The number of rotatable bonds is 3. The maximum Gasteiger partial charge on any atom is 0.258 e. The van der Waals surface area contributed by atoms with Crippen LogP contribution in [-0.2, 0) is 12.4 Å². The molecule has 2 aliphatic heterocycles. The van der Waals surface area contributed by atoms with Crippen molar-refractivity contribution in [3.63, 3.8) is 0 Å². The van der Waals surface area contributed by atoms with Gasteiger partial charge in [0, 0.05) is 33.7 Å². The van der Waals surface area contributed by atoms with Gasteiger partial charge in [0.1, 0.15) is 36.4 Å². The van der Waals surface area contributed by atoms with Gasteiger partial charge in [0.2, 0.25) is 0 Å². The summed E-state index contributed by atoms with van der Waals surface area (Å²) in [7, 11) is 0. The van der Waals surface area contributed by atoms with Gasteiger partial charge in [-0.05, 0) is 48.4 Å². The summed E-state index contributed by atoms with van der Waals surface area (Å²) in [6, 6.07) is 6.40. The Morgan fingerprint density at radius 3 is 2.00 bits per heavy atom. The number of carbonyl (C=O) groups excluding carboxylic acids is 2. The third-order valence-electron chi connectivity index (χ3n) is 5.32. The van der Waals surface area contributed by atoms with Crippen molar-refractivity contribution < 1.29 is 24.5 Å². The van der Waals surface area contributed by atoms with Gasteiger partial charge in [-0.1, -0.05) is 31.9 Å². The molecule has 4 heterocycles. The van der Waals surface area contributed by atoms with Gasteiger partial charge in [-0.15, -0.1) is 24.0 Å². The summed E-state index contributed by atoms with van der Waals surface area (Å²) in [6.07, 6.45) is 6.59. The topological polar surface area (TPSA) is 119 Å². The van der Waals surface area contributed by atoms with Gasteiger partial charge in [-0.25, -0.2) is 19.9 Å². The molecule has 2 aromatic heterocycles. The second kappa shape index (κ2) is 17.0. The van der Waals surface area contributed by atoms with Crippen LogP contribution in [-0.4, -0.2) is 63.0 Å². The van der Waals surface area contributed by atoms with Gasteiger partial charge in [0.15, 0.2) is 0 Å². The lowest BCUT2D eigenvalue weighted by molar-refractivity contribution is 0.0738. The average molecular weight is 745 g/mol. The van der Waals surface area contributed by atoms with Crippen LogP contribution in [0.25, 0.3) is 0 Å². The van der Waals surface area contributed by atoms with Crippen LogP contribution in [0.5, 0.6) is 11.5 Å². The minimum atomic E-state index is -0.267. The van der Waals surface area contributed by atoms with E-state index in [0.717, 1.165) is 0 Å². The highest BCUT2D eigenvalue weighted by atomic mass is 79.9. The average Bonchev–Trinajstić information content (AvgIpc) is 3.33. The molecule has 0 bridgehead atoms. The Morgan fingerprint density at radius 2 is 1.40 bits per heavy atom. The lowest BCUT2D eigenvalue weighted by Gasteiger charge is -2.18. The maximum absolute atomic E-state index is 12.7. The molecule has 0 atom stereocenters. The summed E-state index contributed by atoms with van der Waals surface area (Å²) < 4.78 is 42.6. The number of alkyl halides is 1. The third-order valence-corrected chi connectivity index (χ3v) is 6.41. The van der Waals surface area contributed by atoms with Crippen LogP contribution >= 0.6 is 55.9 Å². The van der Waals surface area contributed by atoms with Crippen LogP contribution < -0.4 is 14.8 Å². The standard InChI is InChI=1S/C14H12BrN3O2.C9H8BrNO2.C5H5ClN2.ClH/c15-10-2-3-12-11(8-10)14(19)18(6-7-20-12)9-13-16-4-1-5-17-13;10-6-1-2-8-7(5-6)9(12)11-3-4-13-8;6-4-5-7-2-1-3-8-5;/h1-5,8H,6-7,9H2;1-2,5H,3-4H2,(H,11,12);1-3H,4H2;1H/i2D,3D;1D,2D;;. The molecule has 0 unspecified atom stereocenters. The Bertz CT molecular complexity index is 1680. The van der Waals surface area contributed by atoms with E-state index in [1.807, 2.05) is 0 Å². The lowest BCUT2D eigenvalue weighted by atomic mass is 10.2. The summed E-state index contributed by atoms with van der Waals surface area (Å²) in [5.41, 5.74) is 0.585. The van der Waals surface area contributed by atoms with Crippen molar-refractivity contribution in [2.45, 2.75) is 12.4 Å². The number of hydrogen-bond donors (Lipinski definition) is 1. The lowest BCUT2D eigenvalue weighted by Crippen LogP contribution is -2.32. The predicted molar refractivity (Wildman–Crippen MR) is 167 cm³/mol. The van der Waals surface area contributed by atoms with Crippen molar-refractivity contribution in [2.24, 2.45) is 0 Å². The molecule has 0 saturated carbocycles. The predicted octanol–water partition coefficient (Wildman–Crippen LogP) is 5.48. The number of aromatic nitrogens is 4. The molecule has 220 valence electrons. The molecule has 42 heavy (non-hydrogen) atoms. The highest BCUT2D eigenvalue weighted by Crippen LogP contribution is 2.27. The number of amides is 2. The fourth-order valence-electron chi connectivity index (χ4n) is 3.45. The van der Waals surface area contributed by atoms with E-state index < -0.39 is 0 Å². The molecule has 0 saturated heterocycles. The van der Waals surface area contributed by atoms with Crippen LogP contribution in [0.4, 0.5) is 0 Å². The van der Waals surface area contributed by atoms with E-state index in [1.54, 1.807) is 41.8 Å². The minimum absolute atomic E-state index is 0. The molecule has 4 aromatic rings. The minimum Gasteiger partial charge on any atom is -0.491 e. The van der Waals surface area contributed by atoms with Gasteiger partial charge in [-0.3, -0.25) is 9.59 Å². The van der Waals surface area contributed by atoms with Gasteiger partial charge < -0.3 is 19.7 Å². The number of carbonyl (C=O) groups is 2. The van der Waals surface area contributed by atoms with Crippen molar-refractivity contribution in [1.82, 2.24) is 30.2 Å². The molecular weight excluding hydrogens is 715 g/mol. The maximum atomic E-state index is 12.7. The summed E-state index contributed by atoms with van der Waals surface area (Å²) in [4.78, 5) is 41.8. The van der Waals surface area contributed by atoms with Gasteiger partial charge in [0.25, 0.3) is 11.8 Å². The first kappa shape index (κ1) is 27.5. The Morgan fingerprint density at radius 1 is 0.857 bits per heavy atom. The Hall–Kier alpha value is -3.32. The largest absolute Gasteiger partial charge is 0.491 e. The molecule has 10 nitrogen and oxygen atoms in total. The Kier molecular flexibility index (Phi) is 11.1. The number of nitrogens with zero attached hydrogens (tertiary/aromatic N) is 5.